The molecular formula is C10H16O. The van der Waals surface area contributed by atoms with Gasteiger partial charge in [-0.1, -0.05) is 13.8 Å². The lowest BCUT2D eigenvalue weighted by Gasteiger charge is -2.09. The first kappa shape index (κ1) is 8.62. The van der Waals surface area contributed by atoms with Crippen LogP contribution < -0.4 is 0 Å². The molecule has 0 radical (unpaired) electrons. The molecule has 1 rings (SSSR count). The SMILES string of the molecule is C#CCCC(O)C1CC1(C)C. The predicted molar refractivity (Wildman–Crippen MR) is 46.0 cm³/mol. The lowest BCUT2D eigenvalue weighted by molar-refractivity contribution is 0.129. The number of rotatable bonds is 3. The molecule has 0 bridgehead atoms. The Hall–Kier alpha value is -0.480. The zero-order chi connectivity index (χ0) is 8.48. The van der Waals surface area contributed by atoms with Gasteiger partial charge in [0.2, 0.25) is 0 Å². The second-order valence-electron chi connectivity index (χ2n) is 4.11. The van der Waals surface area contributed by atoms with Crippen LogP contribution in [-0.2, 0) is 0 Å². The maximum atomic E-state index is 9.56. The van der Waals surface area contributed by atoms with E-state index in [0.29, 0.717) is 17.8 Å². The molecule has 1 fully saturated rings. The molecule has 0 amide bonds. The van der Waals surface area contributed by atoms with Crippen molar-refractivity contribution in [3.8, 4) is 12.3 Å². The van der Waals surface area contributed by atoms with Crippen molar-refractivity contribution in [2.24, 2.45) is 11.3 Å². The third kappa shape index (κ3) is 1.97. The third-order valence-electron chi connectivity index (χ3n) is 2.64. The van der Waals surface area contributed by atoms with Crippen molar-refractivity contribution >= 4 is 0 Å². The van der Waals surface area contributed by atoms with Crippen LogP contribution in [0.3, 0.4) is 0 Å². The van der Waals surface area contributed by atoms with E-state index < -0.39 is 0 Å². The van der Waals surface area contributed by atoms with Crippen molar-refractivity contribution < 1.29 is 5.11 Å². The van der Waals surface area contributed by atoms with Crippen molar-refractivity contribution in [1.29, 1.82) is 0 Å². The Kier molecular flexibility index (Phi) is 2.25. The van der Waals surface area contributed by atoms with E-state index in [1.54, 1.807) is 0 Å². The van der Waals surface area contributed by atoms with E-state index >= 15 is 0 Å². The smallest absolute Gasteiger partial charge is 0.0582 e. The molecule has 11 heavy (non-hydrogen) atoms. The molecule has 1 aliphatic rings. The van der Waals surface area contributed by atoms with E-state index in [9.17, 15) is 5.11 Å². The van der Waals surface area contributed by atoms with E-state index in [0.717, 1.165) is 12.8 Å². The highest BCUT2D eigenvalue weighted by Crippen LogP contribution is 2.54. The first-order valence-electron chi connectivity index (χ1n) is 4.19. The van der Waals surface area contributed by atoms with Gasteiger partial charge in [0.05, 0.1) is 6.10 Å². The average Bonchev–Trinajstić information content (AvgIpc) is 2.55. The monoisotopic (exact) mass is 152 g/mol. The van der Waals surface area contributed by atoms with Crippen LogP contribution in [-0.4, -0.2) is 11.2 Å². The summed E-state index contributed by atoms with van der Waals surface area (Å²) >= 11 is 0. The quantitative estimate of drug-likeness (QED) is 0.611. The fraction of sp³-hybridized carbons (Fsp3) is 0.800. The summed E-state index contributed by atoms with van der Waals surface area (Å²) in [4.78, 5) is 0. The van der Waals surface area contributed by atoms with E-state index in [1.165, 1.54) is 0 Å². The molecule has 1 aliphatic carbocycles. The lowest BCUT2D eigenvalue weighted by Crippen LogP contribution is -2.12. The van der Waals surface area contributed by atoms with Crippen LogP contribution in [0.1, 0.15) is 33.1 Å². The molecule has 1 saturated carbocycles. The molecule has 0 heterocycles. The van der Waals surface area contributed by atoms with Crippen molar-refractivity contribution in [1.82, 2.24) is 0 Å². The Morgan fingerprint density at radius 1 is 1.73 bits per heavy atom. The van der Waals surface area contributed by atoms with Gasteiger partial charge >= 0.3 is 0 Å². The van der Waals surface area contributed by atoms with Gasteiger partial charge in [0, 0.05) is 6.42 Å². The minimum absolute atomic E-state index is 0.166. The summed E-state index contributed by atoms with van der Waals surface area (Å²) in [5, 5.41) is 9.56. The van der Waals surface area contributed by atoms with Crippen LogP contribution in [0.2, 0.25) is 0 Å². The Bertz CT molecular complexity index is 176. The van der Waals surface area contributed by atoms with Crippen LogP contribution in [0.15, 0.2) is 0 Å². The molecule has 2 atom stereocenters. The van der Waals surface area contributed by atoms with E-state index in [4.69, 9.17) is 6.42 Å². The maximum Gasteiger partial charge on any atom is 0.0582 e. The van der Waals surface area contributed by atoms with Crippen molar-refractivity contribution in [3.63, 3.8) is 0 Å². The summed E-state index contributed by atoms with van der Waals surface area (Å²) in [6.07, 6.45) is 7.56. The van der Waals surface area contributed by atoms with E-state index in [-0.39, 0.29) is 6.10 Å². The highest BCUT2D eigenvalue weighted by atomic mass is 16.3. The summed E-state index contributed by atoms with van der Waals surface area (Å²) in [5.74, 6) is 3.04. The minimum Gasteiger partial charge on any atom is -0.393 e. The van der Waals surface area contributed by atoms with Gasteiger partial charge in [0.25, 0.3) is 0 Å². The van der Waals surface area contributed by atoms with Crippen LogP contribution in [0.5, 0.6) is 0 Å². The molecule has 0 spiro atoms. The lowest BCUT2D eigenvalue weighted by atomic mass is 10.0. The molecule has 62 valence electrons. The average molecular weight is 152 g/mol. The van der Waals surface area contributed by atoms with Crippen LogP contribution >= 0.6 is 0 Å². The number of hydrogen-bond acceptors (Lipinski definition) is 1. The Morgan fingerprint density at radius 3 is 2.64 bits per heavy atom. The number of hydrogen-bond donors (Lipinski definition) is 1. The first-order chi connectivity index (χ1) is 5.08. The molecule has 0 aliphatic heterocycles. The van der Waals surface area contributed by atoms with Gasteiger partial charge in [-0.2, -0.15) is 0 Å². The Balaban J connectivity index is 2.24. The number of aliphatic hydroxyl groups excluding tert-OH is 1. The van der Waals surface area contributed by atoms with E-state index in [1.807, 2.05) is 0 Å². The van der Waals surface area contributed by atoms with Gasteiger partial charge in [-0.15, -0.1) is 12.3 Å². The third-order valence-corrected chi connectivity index (χ3v) is 2.64. The maximum absolute atomic E-state index is 9.56. The van der Waals surface area contributed by atoms with Crippen molar-refractivity contribution in [2.75, 3.05) is 0 Å². The van der Waals surface area contributed by atoms with Crippen molar-refractivity contribution in [3.05, 3.63) is 0 Å². The Labute approximate surface area is 68.8 Å². The largest absolute Gasteiger partial charge is 0.393 e. The highest BCUT2D eigenvalue weighted by Gasteiger charge is 2.49. The van der Waals surface area contributed by atoms with E-state index in [2.05, 4.69) is 19.8 Å². The highest BCUT2D eigenvalue weighted by molar-refractivity contribution is 5.00. The van der Waals surface area contributed by atoms with Crippen LogP contribution in [0.4, 0.5) is 0 Å². The Morgan fingerprint density at radius 2 is 2.27 bits per heavy atom. The molecule has 0 saturated heterocycles. The van der Waals surface area contributed by atoms with Gasteiger partial charge in [-0.25, -0.2) is 0 Å². The van der Waals surface area contributed by atoms with Gasteiger partial charge in [-0.05, 0) is 24.2 Å². The predicted octanol–water partition coefficient (Wildman–Crippen LogP) is 1.81. The molecule has 1 N–H and O–H groups in total. The summed E-state index contributed by atoms with van der Waals surface area (Å²) < 4.78 is 0. The zero-order valence-corrected chi connectivity index (χ0v) is 7.30. The van der Waals surface area contributed by atoms with Gasteiger partial charge in [0.1, 0.15) is 0 Å². The summed E-state index contributed by atoms with van der Waals surface area (Å²) in [6.45, 7) is 4.38. The molecule has 0 aromatic rings. The number of aliphatic hydroxyl groups is 1. The summed E-state index contributed by atoms with van der Waals surface area (Å²) in [6, 6.07) is 0. The second-order valence-corrected chi connectivity index (χ2v) is 4.11. The van der Waals surface area contributed by atoms with Crippen LogP contribution in [0.25, 0.3) is 0 Å². The molecule has 1 heteroatoms. The fourth-order valence-corrected chi connectivity index (χ4v) is 1.60. The molecule has 0 aromatic carbocycles. The van der Waals surface area contributed by atoms with Gasteiger partial charge in [0.15, 0.2) is 0 Å². The molecule has 1 nitrogen and oxygen atoms in total. The minimum atomic E-state index is -0.166. The topological polar surface area (TPSA) is 20.2 Å². The first-order valence-corrected chi connectivity index (χ1v) is 4.19. The van der Waals surface area contributed by atoms with Gasteiger partial charge in [-0.3, -0.25) is 0 Å². The standard InChI is InChI=1S/C10H16O/c1-4-5-6-9(11)8-7-10(8,2)3/h1,8-9,11H,5-7H2,2-3H3. The molecular weight excluding hydrogens is 136 g/mol. The zero-order valence-electron chi connectivity index (χ0n) is 7.30. The fourth-order valence-electron chi connectivity index (χ4n) is 1.60. The summed E-state index contributed by atoms with van der Waals surface area (Å²) in [5.41, 5.74) is 0.369. The normalized spacial score (nSPS) is 29.1. The van der Waals surface area contributed by atoms with Crippen LogP contribution in [0, 0.1) is 23.7 Å². The summed E-state index contributed by atoms with van der Waals surface area (Å²) in [7, 11) is 0. The second kappa shape index (κ2) is 2.87. The van der Waals surface area contributed by atoms with Crippen molar-refractivity contribution in [2.45, 2.75) is 39.2 Å². The number of terminal acetylenes is 1. The molecule has 2 unspecified atom stereocenters. The van der Waals surface area contributed by atoms with Gasteiger partial charge < -0.3 is 5.11 Å². The molecule has 0 aromatic heterocycles.